The van der Waals surface area contributed by atoms with E-state index < -0.39 is 7.60 Å². The summed E-state index contributed by atoms with van der Waals surface area (Å²) in [5.41, 5.74) is 0. The molecule has 0 bridgehead atoms. The van der Waals surface area contributed by atoms with Gasteiger partial charge in [0.2, 0.25) is 0 Å². The molecule has 1 aliphatic rings. The molecule has 1 rings (SSSR count). The Morgan fingerprint density at radius 2 is 2.00 bits per heavy atom. The van der Waals surface area contributed by atoms with Gasteiger partial charge in [0.25, 0.3) is 0 Å². The van der Waals surface area contributed by atoms with Crippen LogP contribution in [0.2, 0.25) is 0 Å². The highest BCUT2D eigenvalue weighted by Gasteiger charge is 2.26. The van der Waals surface area contributed by atoms with Gasteiger partial charge in [-0.15, -0.1) is 0 Å². The first-order chi connectivity index (χ1) is 5.27. The Morgan fingerprint density at radius 1 is 1.36 bits per heavy atom. The predicted octanol–water partition coefficient (Wildman–Crippen LogP) is 2.42. The molecule has 0 spiro atoms. The first-order valence-electron chi connectivity index (χ1n) is 4.15. The van der Waals surface area contributed by atoms with Crippen molar-refractivity contribution >= 4 is 7.60 Å². The molecular weight excluding hydrogens is 163 g/mol. The molecule has 3 nitrogen and oxygen atoms in total. The van der Waals surface area contributed by atoms with E-state index in [1.807, 2.05) is 0 Å². The van der Waals surface area contributed by atoms with Gasteiger partial charge in [-0.25, -0.2) is 0 Å². The normalized spacial score (nSPS) is 23.4. The SMILES string of the molecule is CCCCP1(=O)OCCCO1. The minimum absolute atomic E-state index is 0.587. The van der Waals surface area contributed by atoms with Crippen LogP contribution in [0.15, 0.2) is 0 Å². The van der Waals surface area contributed by atoms with E-state index >= 15 is 0 Å². The van der Waals surface area contributed by atoms with Gasteiger partial charge in [0.15, 0.2) is 0 Å². The number of unbranched alkanes of at least 4 members (excludes halogenated alkanes) is 1. The maximum atomic E-state index is 11.5. The smallest absolute Gasteiger partial charge is 0.308 e. The summed E-state index contributed by atoms with van der Waals surface area (Å²) in [6, 6.07) is 0. The van der Waals surface area contributed by atoms with Crippen LogP contribution in [0, 0.1) is 0 Å². The number of rotatable bonds is 3. The molecule has 1 aliphatic heterocycles. The second-order valence-electron chi connectivity index (χ2n) is 2.71. The van der Waals surface area contributed by atoms with Crippen molar-refractivity contribution in [1.82, 2.24) is 0 Å². The maximum Gasteiger partial charge on any atom is 0.330 e. The third-order valence-corrected chi connectivity index (χ3v) is 3.67. The largest absolute Gasteiger partial charge is 0.330 e. The molecular formula is C7H15O3P. The van der Waals surface area contributed by atoms with Gasteiger partial charge in [-0.1, -0.05) is 13.3 Å². The summed E-state index contributed by atoms with van der Waals surface area (Å²) in [6.45, 7) is 3.26. The van der Waals surface area contributed by atoms with Gasteiger partial charge in [-0.3, -0.25) is 4.57 Å². The summed E-state index contributed by atoms with van der Waals surface area (Å²) in [6.07, 6.45) is 3.42. The van der Waals surface area contributed by atoms with Crippen molar-refractivity contribution in [2.24, 2.45) is 0 Å². The summed E-state index contributed by atoms with van der Waals surface area (Å²) in [5.74, 6) is 0. The molecule has 0 aromatic carbocycles. The van der Waals surface area contributed by atoms with Crippen molar-refractivity contribution in [3.05, 3.63) is 0 Å². The van der Waals surface area contributed by atoms with E-state index in [4.69, 9.17) is 9.05 Å². The lowest BCUT2D eigenvalue weighted by Gasteiger charge is -2.22. The predicted molar refractivity (Wildman–Crippen MR) is 43.9 cm³/mol. The lowest BCUT2D eigenvalue weighted by Crippen LogP contribution is -2.10. The number of hydrogen-bond donors (Lipinski definition) is 0. The molecule has 1 fully saturated rings. The Hall–Kier alpha value is 0.150. The van der Waals surface area contributed by atoms with Gasteiger partial charge in [0.1, 0.15) is 0 Å². The second-order valence-corrected chi connectivity index (χ2v) is 4.89. The van der Waals surface area contributed by atoms with Crippen LogP contribution >= 0.6 is 7.60 Å². The van der Waals surface area contributed by atoms with Crippen molar-refractivity contribution in [3.63, 3.8) is 0 Å². The molecule has 1 heterocycles. The van der Waals surface area contributed by atoms with E-state index in [9.17, 15) is 4.57 Å². The van der Waals surface area contributed by atoms with Gasteiger partial charge in [0, 0.05) is 0 Å². The van der Waals surface area contributed by atoms with Crippen LogP contribution in [0.5, 0.6) is 0 Å². The number of hydrogen-bond acceptors (Lipinski definition) is 3. The maximum absolute atomic E-state index is 11.5. The Labute approximate surface area is 67.6 Å². The van der Waals surface area contributed by atoms with Crippen molar-refractivity contribution < 1.29 is 13.6 Å². The third kappa shape index (κ3) is 2.94. The van der Waals surface area contributed by atoms with Crippen LogP contribution in [0.25, 0.3) is 0 Å². The van der Waals surface area contributed by atoms with Crippen LogP contribution in [-0.4, -0.2) is 19.4 Å². The van der Waals surface area contributed by atoms with Crippen LogP contribution in [0.1, 0.15) is 26.2 Å². The highest BCUT2D eigenvalue weighted by molar-refractivity contribution is 7.53. The zero-order valence-corrected chi connectivity index (χ0v) is 7.81. The molecule has 0 N–H and O–H groups in total. The van der Waals surface area contributed by atoms with Crippen LogP contribution in [-0.2, 0) is 13.6 Å². The lowest BCUT2D eigenvalue weighted by molar-refractivity contribution is 0.146. The third-order valence-electron chi connectivity index (χ3n) is 1.65. The fourth-order valence-electron chi connectivity index (χ4n) is 0.984. The van der Waals surface area contributed by atoms with E-state index in [-0.39, 0.29) is 0 Å². The standard InChI is InChI=1S/C7H15O3P/c1-2-3-7-11(8)9-5-4-6-10-11/h2-7H2,1H3. The Bertz CT molecular complexity index is 148. The van der Waals surface area contributed by atoms with Crippen molar-refractivity contribution in [3.8, 4) is 0 Å². The highest BCUT2D eigenvalue weighted by atomic mass is 31.2. The van der Waals surface area contributed by atoms with Crippen molar-refractivity contribution in [2.45, 2.75) is 26.2 Å². The van der Waals surface area contributed by atoms with Crippen molar-refractivity contribution in [1.29, 1.82) is 0 Å². The Morgan fingerprint density at radius 3 is 2.55 bits per heavy atom. The molecule has 4 heteroatoms. The molecule has 11 heavy (non-hydrogen) atoms. The van der Waals surface area contributed by atoms with E-state index in [0.29, 0.717) is 19.4 Å². The molecule has 1 saturated heterocycles. The zero-order chi connectivity index (χ0) is 8.16. The lowest BCUT2D eigenvalue weighted by atomic mass is 10.4. The van der Waals surface area contributed by atoms with Crippen LogP contribution in [0.4, 0.5) is 0 Å². The fraction of sp³-hybridized carbons (Fsp3) is 1.00. The topological polar surface area (TPSA) is 35.5 Å². The second kappa shape index (κ2) is 4.24. The molecule has 0 aromatic rings. The van der Waals surface area contributed by atoms with E-state index in [1.54, 1.807) is 0 Å². The van der Waals surface area contributed by atoms with Crippen LogP contribution < -0.4 is 0 Å². The van der Waals surface area contributed by atoms with E-state index in [1.165, 1.54) is 0 Å². The van der Waals surface area contributed by atoms with E-state index in [0.717, 1.165) is 19.3 Å². The molecule has 66 valence electrons. The quantitative estimate of drug-likeness (QED) is 0.622. The Kier molecular flexibility index (Phi) is 3.57. The summed E-state index contributed by atoms with van der Waals surface area (Å²) in [4.78, 5) is 0. The summed E-state index contributed by atoms with van der Waals surface area (Å²) in [5, 5.41) is 0. The van der Waals surface area contributed by atoms with Gasteiger partial charge < -0.3 is 9.05 Å². The summed E-state index contributed by atoms with van der Waals surface area (Å²) >= 11 is 0. The molecule has 0 aliphatic carbocycles. The van der Waals surface area contributed by atoms with Crippen molar-refractivity contribution in [2.75, 3.05) is 19.4 Å². The van der Waals surface area contributed by atoms with Crippen LogP contribution in [0.3, 0.4) is 0 Å². The first kappa shape index (κ1) is 9.24. The van der Waals surface area contributed by atoms with Gasteiger partial charge in [-0.05, 0) is 12.8 Å². The average Bonchev–Trinajstić information content (AvgIpc) is 2.03. The summed E-state index contributed by atoms with van der Waals surface area (Å²) < 4.78 is 21.7. The Balaban J connectivity index is 2.32. The molecule has 0 amide bonds. The molecule has 0 atom stereocenters. The average molecular weight is 178 g/mol. The summed E-state index contributed by atoms with van der Waals surface area (Å²) in [7, 11) is -2.63. The molecule has 0 aromatic heterocycles. The van der Waals surface area contributed by atoms with Gasteiger partial charge >= 0.3 is 7.60 Å². The van der Waals surface area contributed by atoms with E-state index in [2.05, 4.69) is 6.92 Å². The zero-order valence-electron chi connectivity index (χ0n) is 6.91. The minimum atomic E-state index is -2.63. The molecule has 0 unspecified atom stereocenters. The molecule has 0 saturated carbocycles. The minimum Gasteiger partial charge on any atom is -0.308 e. The van der Waals surface area contributed by atoms with Gasteiger partial charge in [0.05, 0.1) is 19.4 Å². The molecule has 0 radical (unpaired) electrons. The fourth-order valence-corrected chi connectivity index (χ4v) is 2.84. The first-order valence-corrected chi connectivity index (χ1v) is 5.88. The van der Waals surface area contributed by atoms with Gasteiger partial charge in [-0.2, -0.15) is 0 Å². The monoisotopic (exact) mass is 178 g/mol. The highest BCUT2D eigenvalue weighted by Crippen LogP contribution is 2.50.